The SMILES string of the molecule is Cc1ccc(C(=O)CCSC(C)C)cc1C(=O)O. The van der Waals surface area contributed by atoms with Crippen LogP contribution in [0.3, 0.4) is 0 Å². The van der Waals surface area contributed by atoms with Crippen LogP contribution in [0.1, 0.15) is 46.5 Å². The van der Waals surface area contributed by atoms with Crippen LogP contribution >= 0.6 is 11.8 Å². The van der Waals surface area contributed by atoms with Gasteiger partial charge in [-0.05, 0) is 23.8 Å². The Kier molecular flexibility index (Phi) is 5.41. The van der Waals surface area contributed by atoms with Crippen LogP contribution in [0.4, 0.5) is 0 Å². The first-order valence-electron chi connectivity index (χ1n) is 5.90. The topological polar surface area (TPSA) is 54.4 Å². The molecule has 1 rings (SSSR count). The summed E-state index contributed by atoms with van der Waals surface area (Å²) in [6.07, 6.45) is 0.449. The fourth-order valence-electron chi connectivity index (χ4n) is 1.56. The van der Waals surface area contributed by atoms with Crippen LogP contribution in [0.5, 0.6) is 0 Å². The number of carbonyl (C=O) groups is 2. The van der Waals surface area contributed by atoms with E-state index in [4.69, 9.17) is 5.11 Å². The van der Waals surface area contributed by atoms with Gasteiger partial charge in [0, 0.05) is 17.7 Å². The molecule has 1 N–H and O–H groups in total. The zero-order valence-corrected chi connectivity index (χ0v) is 11.7. The standard InChI is InChI=1S/C14H18O3S/c1-9(2)18-7-6-13(15)11-5-4-10(3)12(8-11)14(16)17/h4-5,8-9H,6-7H2,1-3H3,(H,16,17). The van der Waals surface area contributed by atoms with Crippen molar-refractivity contribution < 1.29 is 14.7 Å². The van der Waals surface area contributed by atoms with Gasteiger partial charge in [-0.1, -0.05) is 26.0 Å². The molecule has 18 heavy (non-hydrogen) atoms. The third kappa shape index (κ3) is 4.18. The minimum atomic E-state index is -0.987. The first kappa shape index (κ1) is 14.8. The minimum Gasteiger partial charge on any atom is -0.478 e. The summed E-state index contributed by atoms with van der Waals surface area (Å²) in [5.74, 6) is -0.211. The number of benzene rings is 1. The molecule has 98 valence electrons. The Hall–Kier alpha value is -1.29. The first-order chi connectivity index (χ1) is 8.41. The third-order valence-electron chi connectivity index (χ3n) is 2.57. The molecule has 4 heteroatoms. The minimum absolute atomic E-state index is 0.00523. The van der Waals surface area contributed by atoms with Crippen molar-refractivity contribution in [3.05, 3.63) is 34.9 Å². The molecule has 0 radical (unpaired) electrons. The van der Waals surface area contributed by atoms with Crippen LogP contribution in [-0.4, -0.2) is 27.9 Å². The van der Waals surface area contributed by atoms with Gasteiger partial charge in [0.2, 0.25) is 0 Å². The highest BCUT2D eigenvalue weighted by atomic mass is 32.2. The predicted molar refractivity (Wildman–Crippen MR) is 74.7 cm³/mol. The van der Waals surface area contributed by atoms with Gasteiger partial charge < -0.3 is 5.11 Å². The maximum atomic E-state index is 11.9. The van der Waals surface area contributed by atoms with Gasteiger partial charge in [0.15, 0.2) is 5.78 Å². The van der Waals surface area contributed by atoms with Crippen LogP contribution in [0.25, 0.3) is 0 Å². The highest BCUT2D eigenvalue weighted by molar-refractivity contribution is 7.99. The molecule has 0 atom stereocenters. The Labute approximate surface area is 112 Å². The molecule has 0 aliphatic rings. The van der Waals surface area contributed by atoms with Crippen molar-refractivity contribution in [3.63, 3.8) is 0 Å². The molecule has 1 aromatic rings. The summed E-state index contributed by atoms with van der Waals surface area (Å²) in [7, 11) is 0. The molecule has 0 spiro atoms. The second-order valence-corrected chi connectivity index (χ2v) is 6.11. The normalized spacial score (nSPS) is 10.7. The van der Waals surface area contributed by atoms with E-state index in [0.717, 1.165) is 5.75 Å². The summed E-state index contributed by atoms with van der Waals surface area (Å²) in [4.78, 5) is 22.9. The second kappa shape index (κ2) is 6.59. The van der Waals surface area contributed by atoms with E-state index in [0.29, 0.717) is 22.8 Å². The summed E-state index contributed by atoms with van der Waals surface area (Å²) >= 11 is 1.73. The second-order valence-electron chi connectivity index (χ2n) is 4.43. The van der Waals surface area contributed by atoms with Crippen molar-refractivity contribution in [2.45, 2.75) is 32.4 Å². The van der Waals surface area contributed by atoms with Crippen LogP contribution in [0.2, 0.25) is 0 Å². The van der Waals surface area contributed by atoms with Gasteiger partial charge in [-0.15, -0.1) is 0 Å². The van der Waals surface area contributed by atoms with Crippen molar-refractivity contribution >= 4 is 23.5 Å². The molecular weight excluding hydrogens is 248 g/mol. The van der Waals surface area contributed by atoms with Gasteiger partial charge in [-0.25, -0.2) is 4.79 Å². The fourth-order valence-corrected chi connectivity index (χ4v) is 2.33. The molecule has 3 nitrogen and oxygen atoms in total. The van der Waals surface area contributed by atoms with E-state index in [-0.39, 0.29) is 11.3 Å². The smallest absolute Gasteiger partial charge is 0.335 e. The Morgan fingerprint density at radius 3 is 2.56 bits per heavy atom. The molecule has 0 amide bonds. The zero-order valence-electron chi connectivity index (χ0n) is 10.9. The van der Waals surface area contributed by atoms with Gasteiger partial charge in [-0.2, -0.15) is 11.8 Å². The van der Waals surface area contributed by atoms with E-state index in [2.05, 4.69) is 13.8 Å². The van der Waals surface area contributed by atoms with Gasteiger partial charge in [0.05, 0.1) is 5.56 Å². The Bertz CT molecular complexity index is 452. The number of rotatable bonds is 6. The number of hydrogen-bond acceptors (Lipinski definition) is 3. The number of carbonyl (C=O) groups excluding carboxylic acids is 1. The van der Waals surface area contributed by atoms with E-state index in [1.165, 1.54) is 6.07 Å². The molecule has 0 saturated heterocycles. The lowest BCUT2D eigenvalue weighted by Crippen LogP contribution is -2.06. The van der Waals surface area contributed by atoms with Gasteiger partial charge in [0.1, 0.15) is 0 Å². The van der Waals surface area contributed by atoms with Crippen LogP contribution in [0.15, 0.2) is 18.2 Å². The van der Waals surface area contributed by atoms with Crippen molar-refractivity contribution in [3.8, 4) is 0 Å². The fraction of sp³-hybridized carbons (Fsp3) is 0.429. The number of carboxylic acids is 1. The monoisotopic (exact) mass is 266 g/mol. The van der Waals surface area contributed by atoms with Crippen molar-refractivity contribution in [2.24, 2.45) is 0 Å². The number of hydrogen-bond donors (Lipinski definition) is 1. The van der Waals surface area contributed by atoms with Gasteiger partial charge in [0.25, 0.3) is 0 Å². The molecule has 0 heterocycles. The Morgan fingerprint density at radius 1 is 1.33 bits per heavy atom. The lowest BCUT2D eigenvalue weighted by molar-refractivity contribution is 0.0696. The zero-order chi connectivity index (χ0) is 13.7. The molecule has 0 aliphatic heterocycles. The number of thioether (sulfide) groups is 1. The van der Waals surface area contributed by atoms with E-state index in [9.17, 15) is 9.59 Å². The number of ketones is 1. The van der Waals surface area contributed by atoms with E-state index in [1.807, 2.05) is 0 Å². The average molecular weight is 266 g/mol. The molecule has 0 fully saturated rings. The highest BCUT2D eigenvalue weighted by Gasteiger charge is 2.12. The third-order valence-corrected chi connectivity index (χ3v) is 3.68. The number of aromatic carboxylic acids is 1. The molecule has 1 aromatic carbocycles. The molecule has 0 aliphatic carbocycles. The number of Topliss-reactive ketones (excluding diaryl/α,β-unsaturated/α-hetero) is 1. The molecule has 0 aromatic heterocycles. The summed E-state index contributed by atoms with van der Waals surface area (Å²) in [6, 6.07) is 4.86. The summed E-state index contributed by atoms with van der Waals surface area (Å²) in [6.45, 7) is 5.90. The maximum absolute atomic E-state index is 11.9. The van der Waals surface area contributed by atoms with Crippen molar-refractivity contribution in [1.82, 2.24) is 0 Å². The molecule has 0 bridgehead atoms. The Balaban J connectivity index is 2.74. The summed E-state index contributed by atoms with van der Waals surface area (Å²) < 4.78 is 0. The molecule has 0 saturated carbocycles. The van der Waals surface area contributed by atoms with Crippen LogP contribution in [-0.2, 0) is 0 Å². The Morgan fingerprint density at radius 2 is 2.00 bits per heavy atom. The average Bonchev–Trinajstić information content (AvgIpc) is 2.28. The maximum Gasteiger partial charge on any atom is 0.335 e. The molecular formula is C14H18O3S. The van der Waals surface area contributed by atoms with Gasteiger partial charge in [-0.3, -0.25) is 4.79 Å². The van der Waals surface area contributed by atoms with Crippen LogP contribution in [0, 0.1) is 6.92 Å². The first-order valence-corrected chi connectivity index (χ1v) is 6.95. The highest BCUT2D eigenvalue weighted by Crippen LogP contribution is 2.16. The van der Waals surface area contributed by atoms with E-state index < -0.39 is 5.97 Å². The summed E-state index contributed by atoms with van der Waals surface area (Å²) in [5.41, 5.74) is 1.37. The van der Waals surface area contributed by atoms with Crippen molar-refractivity contribution in [2.75, 3.05) is 5.75 Å². The quantitative estimate of drug-likeness (QED) is 0.802. The van der Waals surface area contributed by atoms with Crippen molar-refractivity contribution in [1.29, 1.82) is 0 Å². The number of carboxylic acid groups (broad SMARTS) is 1. The number of aryl methyl sites for hydroxylation is 1. The van der Waals surface area contributed by atoms with E-state index in [1.54, 1.807) is 30.8 Å². The molecule has 0 unspecified atom stereocenters. The lowest BCUT2D eigenvalue weighted by atomic mass is 10.0. The van der Waals surface area contributed by atoms with Gasteiger partial charge >= 0.3 is 5.97 Å². The van der Waals surface area contributed by atoms with Crippen LogP contribution < -0.4 is 0 Å². The van der Waals surface area contributed by atoms with E-state index >= 15 is 0 Å². The predicted octanol–water partition coefficient (Wildman–Crippen LogP) is 3.41. The largest absolute Gasteiger partial charge is 0.478 e. The lowest BCUT2D eigenvalue weighted by Gasteiger charge is -2.06. The summed E-state index contributed by atoms with van der Waals surface area (Å²) in [5, 5.41) is 9.51.